The highest BCUT2D eigenvalue weighted by Crippen LogP contribution is 2.23. The Morgan fingerprint density at radius 2 is 2.00 bits per heavy atom. The number of ether oxygens (including phenoxy) is 1. The minimum absolute atomic E-state index is 0.114. The third-order valence-electron chi connectivity index (χ3n) is 5.17. The van der Waals surface area contributed by atoms with Gasteiger partial charge in [-0.2, -0.15) is 0 Å². The number of rotatable bonds is 5. The van der Waals surface area contributed by atoms with E-state index in [1.54, 1.807) is 29.1 Å². The van der Waals surface area contributed by atoms with Crippen molar-refractivity contribution >= 4 is 40.7 Å². The molecule has 0 spiro atoms. The third-order valence-corrected chi connectivity index (χ3v) is 5.31. The first-order valence-corrected chi connectivity index (χ1v) is 10.4. The molecular weight excluding hydrogens is 418 g/mol. The number of carbonyl (C=O) groups is 2. The summed E-state index contributed by atoms with van der Waals surface area (Å²) in [5, 5.41) is 3.02. The minimum atomic E-state index is -0.389. The van der Waals surface area contributed by atoms with Crippen molar-refractivity contribution in [2.75, 3.05) is 49.1 Å². The largest absolute Gasteiger partial charge is 0.442 e. The van der Waals surface area contributed by atoms with Crippen LogP contribution in [0, 0.1) is 0 Å². The second-order valence-electron chi connectivity index (χ2n) is 7.30. The number of piperazine rings is 1. The summed E-state index contributed by atoms with van der Waals surface area (Å²) in [6, 6.07) is 3.75. The molecule has 11 heteroatoms. The predicted molar refractivity (Wildman–Crippen MR) is 118 cm³/mol. The van der Waals surface area contributed by atoms with Crippen molar-refractivity contribution < 1.29 is 14.3 Å². The van der Waals surface area contributed by atoms with Crippen LogP contribution >= 0.6 is 12.2 Å². The maximum absolute atomic E-state index is 12.5. The molecule has 31 heavy (non-hydrogen) atoms. The lowest BCUT2D eigenvalue weighted by Crippen LogP contribution is -2.49. The fourth-order valence-corrected chi connectivity index (χ4v) is 3.61. The molecule has 0 aromatic carbocycles. The number of nitrogens with zero attached hydrogens (tertiary/aromatic N) is 6. The van der Waals surface area contributed by atoms with Crippen molar-refractivity contribution in [3.63, 3.8) is 0 Å². The van der Waals surface area contributed by atoms with E-state index >= 15 is 0 Å². The molecule has 2 amide bonds. The third kappa shape index (κ3) is 4.88. The highest BCUT2D eigenvalue weighted by molar-refractivity contribution is 7.80. The number of amides is 2. The molecule has 4 rings (SSSR count). The number of anilines is 2. The second kappa shape index (κ2) is 9.21. The molecular formula is C20H23N7O3S. The summed E-state index contributed by atoms with van der Waals surface area (Å²) in [5.74, 6) is 0.689. The molecule has 0 aliphatic carbocycles. The van der Waals surface area contributed by atoms with Gasteiger partial charge in [-0.3, -0.25) is 14.7 Å². The van der Waals surface area contributed by atoms with Crippen LogP contribution in [0.1, 0.15) is 17.4 Å². The molecule has 4 heterocycles. The maximum atomic E-state index is 12.5. The van der Waals surface area contributed by atoms with E-state index in [0.29, 0.717) is 55.6 Å². The topological polar surface area (TPSA) is 104 Å². The lowest BCUT2D eigenvalue weighted by Gasteiger charge is -2.35. The molecule has 0 saturated carbocycles. The number of nitrogens with one attached hydrogen (secondary N) is 1. The quantitative estimate of drug-likeness (QED) is 0.683. The Morgan fingerprint density at radius 1 is 1.19 bits per heavy atom. The summed E-state index contributed by atoms with van der Waals surface area (Å²) in [5.41, 5.74) is 1.04. The molecule has 10 nitrogen and oxygen atoms in total. The van der Waals surface area contributed by atoms with Crippen LogP contribution in [0.5, 0.6) is 0 Å². The molecule has 1 N–H and O–H groups in total. The van der Waals surface area contributed by atoms with Crippen LogP contribution in [-0.2, 0) is 4.74 Å². The van der Waals surface area contributed by atoms with E-state index in [1.165, 1.54) is 12.4 Å². The van der Waals surface area contributed by atoms with E-state index in [4.69, 9.17) is 17.0 Å². The van der Waals surface area contributed by atoms with Crippen LogP contribution in [0.15, 0.2) is 36.9 Å². The van der Waals surface area contributed by atoms with E-state index in [1.807, 2.05) is 12.1 Å². The first-order chi connectivity index (χ1) is 15.0. The summed E-state index contributed by atoms with van der Waals surface area (Å²) in [4.78, 5) is 43.4. The van der Waals surface area contributed by atoms with E-state index < -0.39 is 0 Å². The van der Waals surface area contributed by atoms with Crippen molar-refractivity contribution in [2.45, 2.75) is 13.0 Å². The number of hydrogen-bond acceptors (Lipinski definition) is 8. The standard InChI is InChI=1S/C20H23N7O3S/c1-14(31)23-11-16-13-27(20(29)30-16)15-2-3-18(24-10-15)25-6-8-26(9-7-25)19(28)17-12-21-4-5-22-17/h2-5,10,12,16H,6-9,11,13H2,1H3,(H,23,31)/t16-/m0/s1. The van der Waals surface area contributed by atoms with Crippen molar-refractivity contribution in [3.05, 3.63) is 42.6 Å². The number of cyclic esters (lactones) is 1. The number of thiocarbonyl (C=S) groups is 1. The normalized spacial score (nSPS) is 18.7. The van der Waals surface area contributed by atoms with E-state index in [2.05, 4.69) is 25.2 Å². The molecule has 0 radical (unpaired) electrons. The summed E-state index contributed by atoms with van der Waals surface area (Å²) >= 11 is 5.00. The van der Waals surface area contributed by atoms with Crippen molar-refractivity contribution in [1.82, 2.24) is 25.2 Å². The molecule has 2 saturated heterocycles. The monoisotopic (exact) mass is 441 g/mol. The Labute approximate surface area is 185 Å². The fraction of sp³-hybridized carbons (Fsp3) is 0.400. The van der Waals surface area contributed by atoms with Gasteiger partial charge in [0.1, 0.15) is 17.6 Å². The van der Waals surface area contributed by atoms with E-state index in [9.17, 15) is 9.59 Å². The molecule has 2 fully saturated rings. The van der Waals surface area contributed by atoms with Crippen LogP contribution in [0.25, 0.3) is 0 Å². The Bertz CT molecular complexity index is 949. The predicted octanol–water partition coefficient (Wildman–Crippen LogP) is 1.10. The first-order valence-electron chi connectivity index (χ1n) is 10.00. The average Bonchev–Trinajstić information content (AvgIpc) is 3.18. The molecule has 1 atom stereocenters. The van der Waals surface area contributed by atoms with Gasteiger partial charge in [0.15, 0.2) is 0 Å². The zero-order chi connectivity index (χ0) is 21.8. The molecule has 162 valence electrons. The van der Waals surface area contributed by atoms with E-state index in [-0.39, 0.29) is 18.1 Å². The van der Waals surface area contributed by atoms with Crippen LogP contribution in [0.2, 0.25) is 0 Å². The Morgan fingerprint density at radius 3 is 2.65 bits per heavy atom. The fourth-order valence-electron chi connectivity index (χ4n) is 3.53. The molecule has 2 aromatic rings. The number of aromatic nitrogens is 3. The zero-order valence-corrected chi connectivity index (χ0v) is 17.9. The van der Waals surface area contributed by atoms with E-state index in [0.717, 1.165) is 5.82 Å². The zero-order valence-electron chi connectivity index (χ0n) is 17.1. The average molecular weight is 442 g/mol. The summed E-state index contributed by atoms with van der Waals surface area (Å²) in [6.45, 7) is 5.19. The molecule has 2 aliphatic heterocycles. The number of hydrogen-bond donors (Lipinski definition) is 1. The Hall–Kier alpha value is -3.34. The van der Waals surface area contributed by atoms with Gasteiger partial charge in [0.2, 0.25) is 0 Å². The summed E-state index contributed by atoms with van der Waals surface area (Å²) in [6.07, 6.45) is 5.57. The van der Waals surface area contributed by atoms with Gasteiger partial charge >= 0.3 is 6.09 Å². The lowest BCUT2D eigenvalue weighted by molar-refractivity contribution is 0.0740. The van der Waals surface area contributed by atoms with Gasteiger partial charge in [-0.15, -0.1) is 0 Å². The first kappa shape index (κ1) is 20.9. The van der Waals surface area contributed by atoms with Crippen molar-refractivity contribution in [3.8, 4) is 0 Å². The summed E-state index contributed by atoms with van der Waals surface area (Å²) in [7, 11) is 0. The smallest absolute Gasteiger partial charge is 0.414 e. The SMILES string of the molecule is CC(=S)NC[C@H]1CN(c2ccc(N3CCN(C(=O)c4cnccn4)CC3)nc2)C(=O)O1. The van der Waals surface area contributed by atoms with Gasteiger partial charge in [-0.05, 0) is 19.1 Å². The van der Waals surface area contributed by atoms with Gasteiger partial charge in [0, 0.05) is 38.6 Å². The molecule has 2 aliphatic rings. The summed E-state index contributed by atoms with van der Waals surface area (Å²) < 4.78 is 5.38. The van der Waals surface area contributed by atoms with Crippen molar-refractivity contribution in [2.24, 2.45) is 0 Å². The van der Waals surface area contributed by atoms with Gasteiger partial charge in [-0.1, -0.05) is 12.2 Å². The van der Waals surface area contributed by atoms with Gasteiger partial charge in [0.25, 0.3) is 5.91 Å². The second-order valence-corrected chi connectivity index (χ2v) is 7.91. The number of carbonyl (C=O) groups excluding carboxylic acids is 2. The Balaban J connectivity index is 1.32. The van der Waals surface area contributed by atoms with Gasteiger partial charge < -0.3 is 19.9 Å². The minimum Gasteiger partial charge on any atom is -0.442 e. The van der Waals surface area contributed by atoms with Crippen LogP contribution < -0.4 is 15.1 Å². The molecule has 0 bridgehead atoms. The molecule has 0 unspecified atom stereocenters. The number of pyridine rings is 1. The highest BCUT2D eigenvalue weighted by atomic mass is 32.1. The van der Waals surface area contributed by atoms with Gasteiger partial charge in [0.05, 0.1) is 36.2 Å². The van der Waals surface area contributed by atoms with Crippen LogP contribution in [0.4, 0.5) is 16.3 Å². The van der Waals surface area contributed by atoms with Crippen LogP contribution in [-0.4, -0.2) is 82.2 Å². The Kier molecular flexibility index (Phi) is 6.21. The van der Waals surface area contributed by atoms with Crippen LogP contribution in [0.3, 0.4) is 0 Å². The highest BCUT2D eigenvalue weighted by Gasteiger charge is 2.32. The molecule has 2 aromatic heterocycles. The van der Waals surface area contributed by atoms with Gasteiger partial charge in [-0.25, -0.2) is 14.8 Å². The van der Waals surface area contributed by atoms with Crippen molar-refractivity contribution in [1.29, 1.82) is 0 Å². The maximum Gasteiger partial charge on any atom is 0.414 e. The lowest BCUT2D eigenvalue weighted by atomic mass is 10.2.